The fraction of sp³-hybridized carbons (Fsp3) is 0.444. The lowest BCUT2D eigenvalue weighted by Crippen LogP contribution is -2.55. The number of halogens is 1. The summed E-state index contributed by atoms with van der Waals surface area (Å²) in [6, 6.07) is 4.21. The van der Waals surface area contributed by atoms with Crippen LogP contribution in [0.25, 0.3) is 20.7 Å². The molecule has 0 unspecified atom stereocenters. The molecule has 3 aromatic heterocycles. The van der Waals surface area contributed by atoms with Gasteiger partial charge in [-0.2, -0.15) is 0 Å². The van der Waals surface area contributed by atoms with E-state index in [9.17, 15) is 4.39 Å². The quantitative estimate of drug-likeness (QED) is 0.765. The summed E-state index contributed by atoms with van der Waals surface area (Å²) in [6.45, 7) is 0. The van der Waals surface area contributed by atoms with Crippen molar-refractivity contribution in [2.45, 2.75) is 43.6 Å². The number of piperidine rings is 1. The highest BCUT2D eigenvalue weighted by Gasteiger charge is 2.44. The molecular weight excluding hydrogens is 351 g/mol. The summed E-state index contributed by atoms with van der Waals surface area (Å²) in [7, 11) is 1.86. The van der Waals surface area contributed by atoms with Crippen LogP contribution in [0.5, 0.6) is 0 Å². The lowest BCUT2D eigenvalue weighted by Gasteiger charge is -2.38. The minimum Gasteiger partial charge on any atom is -0.337 e. The minimum absolute atomic E-state index is 0.0411. The minimum atomic E-state index is -0.905. The summed E-state index contributed by atoms with van der Waals surface area (Å²) in [5, 5.41) is 13.1. The second-order valence-corrected chi connectivity index (χ2v) is 8.16. The van der Waals surface area contributed by atoms with Crippen molar-refractivity contribution in [1.29, 1.82) is 0 Å². The van der Waals surface area contributed by atoms with Crippen molar-refractivity contribution in [1.82, 2.24) is 25.5 Å². The molecule has 6 nitrogen and oxygen atoms in total. The van der Waals surface area contributed by atoms with Gasteiger partial charge in [0.1, 0.15) is 11.9 Å². The van der Waals surface area contributed by atoms with Crippen LogP contribution >= 0.6 is 11.3 Å². The van der Waals surface area contributed by atoms with Crippen molar-refractivity contribution < 1.29 is 4.39 Å². The molecule has 2 bridgehead atoms. The van der Waals surface area contributed by atoms with Gasteiger partial charge in [-0.15, -0.1) is 21.5 Å². The summed E-state index contributed by atoms with van der Waals surface area (Å²) < 4.78 is 15.9. The SMILES string of the molecule is CN(c1ncc(-c2cc3ccncc3s2)nn1)[C@H]1C[C@@H]2CC[C@@H](N2)[C@H]1F. The van der Waals surface area contributed by atoms with E-state index in [0.717, 1.165) is 39.9 Å². The number of rotatable bonds is 3. The summed E-state index contributed by atoms with van der Waals surface area (Å²) in [5.74, 6) is 0.477. The Morgan fingerprint density at radius 2 is 2.19 bits per heavy atom. The molecule has 26 heavy (non-hydrogen) atoms. The number of nitrogens with zero attached hydrogens (tertiary/aromatic N) is 5. The Morgan fingerprint density at radius 1 is 1.27 bits per heavy atom. The normalized spacial score (nSPS) is 27.8. The van der Waals surface area contributed by atoms with Gasteiger partial charge in [-0.1, -0.05) is 0 Å². The number of hydrogen-bond acceptors (Lipinski definition) is 7. The molecule has 0 spiro atoms. The van der Waals surface area contributed by atoms with Gasteiger partial charge >= 0.3 is 0 Å². The number of thiophene rings is 1. The first-order valence-electron chi connectivity index (χ1n) is 8.85. The van der Waals surface area contributed by atoms with E-state index in [4.69, 9.17) is 0 Å². The molecule has 0 amide bonds. The van der Waals surface area contributed by atoms with Gasteiger partial charge in [0.15, 0.2) is 0 Å². The van der Waals surface area contributed by atoms with Gasteiger partial charge in [-0.25, -0.2) is 9.37 Å². The first-order valence-corrected chi connectivity index (χ1v) is 9.67. The van der Waals surface area contributed by atoms with E-state index in [-0.39, 0.29) is 12.1 Å². The van der Waals surface area contributed by atoms with Crippen LogP contribution in [-0.2, 0) is 0 Å². The molecule has 134 valence electrons. The summed E-state index contributed by atoms with van der Waals surface area (Å²) in [4.78, 5) is 11.5. The number of aromatic nitrogens is 4. The van der Waals surface area contributed by atoms with Crippen molar-refractivity contribution >= 4 is 27.4 Å². The van der Waals surface area contributed by atoms with E-state index in [0.29, 0.717) is 12.0 Å². The van der Waals surface area contributed by atoms with Crippen LogP contribution in [0.15, 0.2) is 30.7 Å². The Balaban J connectivity index is 1.39. The topological polar surface area (TPSA) is 66.8 Å². The predicted octanol–water partition coefficient (Wildman–Crippen LogP) is 2.82. The van der Waals surface area contributed by atoms with Crippen molar-refractivity contribution in [3.8, 4) is 10.6 Å². The summed E-state index contributed by atoms with van der Waals surface area (Å²) in [5.41, 5.74) is 0.727. The number of pyridine rings is 1. The Morgan fingerprint density at radius 3 is 3.00 bits per heavy atom. The molecule has 0 saturated carbocycles. The fourth-order valence-corrected chi connectivity index (χ4v) is 5.03. The first-order chi connectivity index (χ1) is 12.7. The van der Waals surface area contributed by atoms with Gasteiger partial charge in [0.25, 0.3) is 0 Å². The van der Waals surface area contributed by atoms with Crippen LogP contribution in [-0.4, -0.2) is 51.5 Å². The second kappa shape index (κ2) is 6.21. The van der Waals surface area contributed by atoms with Gasteiger partial charge in [0.2, 0.25) is 5.95 Å². The molecule has 2 saturated heterocycles. The molecule has 5 heterocycles. The molecule has 0 aliphatic carbocycles. The first kappa shape index (κ1) is 16.0. The van der Waals surface area contributed by atoms with Crippen LogP contribution in [0.2, 0.25) is 0 Å². The average Bonchev–Trinajstić information content (AvgIpc) is 3.29. The van der Waals surface area contributed by atoms with Gasteiger partial charge < -0.3 is 10.2 Å². The van der Waals surface area contributed by atoms with Crippen LogP contribution in [0, 0.1) is 0 Å². The van der Waals surface area contributed by atoms with Gasteiger partial charge in [0, 0.05) is 31.5 Å². The van der Waals surface area contributed by atoms with Crippen molar-refractivity contribution in [2.75, 3.05) is 11.9 Å². The van der Waals surface area contributed by atoms with Crippen molar-refractivity contribution in [2.24, 2.45) is 0 Å². The van der Waals surface area contributed by atoms with Crippen LogP contribution in [0.4, 0.5) is 10.3 Å². The van der Waals surface area contributed by atoms with Crippen LogP contribution in [0.3, 0.4) is 0 Å². The third kappa shape index (κ3) is 2.64. The van der Waals surface area contributed by atoms with Crippen LogP contribution in [0.1, 0.15) is 19.3 Å². The molecule has 2 aliphatic rings. The summed E-state index contributed by atoms with van der Waals surface area (Å²) >= 11 is 1.62. The lowest BCUT2D eigenvalue weighted by molar-refractivity contribution is 0.175. The van der Waals surface area contributed by atoms with Gasteiger partial charge in [-0.3, -0.25) is 4.98 Å². The molecule has 8 heteroatoms. The average molecular weight is 370 g/mol. The number of anilines is 1. The number of fused-ring (bicyclic) bond motifs is 3. The van der Waals surface area contributed by atoms with E-state index in [1.165, 1.54) is 0 Å². The highest BCUT2D eigenvalue weighted by Crippen LogP contribution is 2.34. The Kier molecular flexibility index (Phi) is 3.82. The third-order valence-corrected chi connectivity index (χ3v) is 6.60. The monoisotopic (exact) mass is 370 g/mol. The standard InChI is InChI=1S/C18H19FN6S/c1-25(14-7-11-2-3-12(22-11)17(14)19)18-21-8-13(23-24-18)15-6-10-4-5-20-9-16(10)26-15/h4-6,8-9,11-12,14,17,22H,2-3,7H2,1H3/t11-,12+,14-,17+/m0/s1. The zero-order valence-electron chi connectivity index (χ0n) is 14.3. The zero-order valence-corrected chi connectivity index (χ0v) is 15.2. The maximum atomic E-state index is 14.8. The van der Waals surface area contributed by atoms with Crippen LogP contribution < -0.4 is 10.2 Å². The third-order valence-electron chi connectivity index (χ3n) is 5.49. The highest BCUT2D eigenvalue weighted by molar-refractivity contribution is 7.22. The molecule has 3 aromatic rings. The molecule has 0 aromatic carbocycles. The Hall–Kier alpha value is -2.19. The van der Waals surface area contributed by atoms with Gasteiger partial charge in [0.05, 0.1) is 21.8 Å². The van der Waals surface area contributed by atoms with E-state index < -0.39 is 6.17 Å². The summed E-state index contributed by atoms with van der Waals surface area (Å²) in [6.07, 6.45) is 7.18. The molecule has 2 aliphatic heterocycles. The molecule has 0 radical (unpaired) electrons. The molecule has 4 atom stereocenters. The van der Waals surface area contributed by atoms with E-state index in [1.807, 2.05) is 24.2 Å². The number of nitrogens with one attached hydrogen (secondary N) is 1. The van der Waals surface area contributed by atoms with Crippen molar-refractivity contribution in [3.63, 3.8) is 0 Å². The zero-order chi connectivity index (χ0) is 17.7. The highest BCUT2D eigenvalue weighted by atomic mass is 32.1. The Labute approximate surface area is 154 Å². The predicted molar refractivity (Wildman–Crippen MR) is 100 cm³/mol. The number of alkyl halides is 1. The molecule has 1 N–H and O–H groups in total. The number of hydrogen-bond donors (Lipinski definition) is 1. The largest absolute Gasteiger partial charge is 0.337 e. The second-order valence-electron chi connectivity index (χ2n) is 7.07. The molecular formula is C18H19FN6S. The van der Waals surface area contributed by atoms with E-state index in [2.05, 4.69) is 31.5 Å². The lowest BCUT2D eigenvalue weighted by atomic mass is 9.97. The molecule has 5 rings (SSSR count). The smallest absolute Gasteiger partial charge is 0.245 e. The van der Waals surface area contributed by atoms with Gasteiger partial charge in [-0.05, 0) is 36.8 Å². The fourth-order valence-electron chi connectivity index (χ4n) is 4.05. The molecule has 2 fully saturated rings. The van der Waals surface area contributed by atoms with E-state index in [1.54, 1.807) is 23.7 Å². The van der Waals surface area contributed by atoms with E-state index >= 15 is 0 Å². The Bertz CT molecular complexity index is 896. The maximum Gasteiger partial charge on any atom is 0.245 e. The maximum absolute atomic E-state index is 14.8. The van der Waals surface area contributed by atoms with Crippen molar-refractivity contribution in [3.05, 3.63) is 30.7 Å².